The van der Waals surface area contributed by atoms with E-state index in [1.165, 1.54) is 64.7 Å². The zero-order chi connectivity index (χ0) is 13.5. The van der Waals surface area contributed by atoms with E-state index in [0.29, 0.717) is 5.41 Å². The highest BCUT2D eigenvalue weighted by Gasteiger charge is 2.55. The summed E-state index contributed by atoms with van der Waals surface area (Å²) >= 11 is 0. The van der Waals surface area contributed by atoms with E-state index in [2.05, 4.69) is 23.6 Å². The first-order valence-corrected chi connectivity index (χ1v) is 8.28. The van der Waals surface area contributed by atoms with Gasteiger partial charge in [0.25, 0.3) is 0 Å². The third-order valence-electron chi connectivity index (χ3n) is 6.55. The lowest BCUT2D eigenvalue weighted by Gasteiger charge is -2.50. The summed E-state index contributed by atoms with van der Waals surface area (Å²) in [7, 11) is 0. The summed E-state index contributed by atoms with van der Waals surface area (Å²) in [5.41, 5.74) is 6.88. The predicted octanol–water partition coefficient (Wildman–Crippen LogP) is 2.06. The van der Waals surface area contributed by atoms with Crippen molar-refractivity contribution in [1.82, 2.24) is 9.80 Å². The first kappa shape index (κ1) is 13.8. The molecule has 3 heteroatoms. The van der Waals surface area contributed by atoms with Crippen LogP contribution >= 0.6 is 0 Å². The SMILES string of the molecule is CC1(C(C)(CN)N2CCN(C3CCCC3)CC2)CC1. The zero-order valence-electron chi connectivity index (χ0n) is 12.8. The van der Waals surface area contributed by atoms with Gasteiger partial charge in [0, 0.05) is 44.3 Å². The largest absolute Gasteiger partial charge is 0.329 e. The highest BCUT2D eigenvalue weighted by Crippen LogP contribution is 2.55. The molecule has 0 aromatic rings. The van der Waals surface area contributed by atoms with Crippen LogP contribution in [0.2, 0.25) is 0 Å². The summed E-state index contributed by atoms with van der Waals surface area (Å²) in [4.78, 5) is 5.45. The quantitative estimate of drug-likeness (QED) is 0.844. The van der Waals surface area contributed by atoms with Gasteiger partial charge in [-0.05, 0) is 38.0 Å². The zero-order valence-corrected chi connectivity index (χ0v) is 12.8. The van der Waals surface area contributed by atoms with Crippen LogP contribution < -0.4 is 5.73 Å². The Balaban J connectivity index is 1.59. The minimum Gasteiger partial charge on any atom is -0.329 e. The van der Waals surface area contributed by atoms with Gasteiger partial charge in [0.2, 0.25) is 0 Å². The molecule has 0 radical (unpaired) electrons. The van der Waals surface area contributed by atoms with Crippen molar-refractivity contribution in [1.29, 1.82) is 0 Å². The molecule has 1 atom stereocenters. The Morgan fingerprint density at radius 3 is 2.16 bits per heavy atom. The van der Waals surface area contributed by atoms with E-state index in [0.717, 1.165) is 12.6 Å². The van der Waals surface area contributed by atoms with Gasteiger partial charge in [0.15, 0.2) is 0 Å². The molecular formula is C16H31N3. The van der Waals surface area contributed by atoms with Gasteiger partial charge in [0.05, 0.1) is 0 Å². The summed E-state index contributed by atoms with van der Waals surface area (Å²) in [6.07, 6.45) is 8.50. The summed E-state index contributed by atoms with van der Waals surface area (Å²) in [5.74, 6) is 0. The van der Waals surface area contributed by atoms with Crippen LogP contribution in [0, 0.1) is 5.41 Å². The Hall–Kier alpha value is -0.120. The highest BCUT2D eigenvalue weighted by molar-refractivity contribution is 5.10. The van der Waals surface area contributed by atoms with E-state index in [1.54, 1.807) is 0 Å². The first-order chi connectivity index (χ1) is 9.09. The summed E-state index contributed by atoms with van der Waals surface area (Å²) in [6.45, 7) is 10.6. The molecule has 0 spiro atoms. The van der Waals surface area contributed by atoms with Gasteiger partial charge < -0.3 is 5.73 Å². The van der Waals surface area contributed by atoms with Gasteiger partial charge in [0.1, 0.15) is 0 Å². The molecule has 19 heavy (non-hydrogen) atoms. The van der Waals surface area contributed by atoms with E-state index in [9.17, 15) is 0 Å². The number of rotatable bonds is 4. The molecule has 1 unspecified atom stereocenters. The Bertz CT molecular complexity index is 312. The van der Waals surface area contributed by atoms with E-state index in [1.807, 2.05) is 0 Å². The average Bonchev–Trinajstić information content (AvgIpc) is 2.99. The second-order valence-electron chi connectivity index (χ2n) is 7.50. The molecule has 2 N–H and O–H groups in total. The van der Waals surface area contributed by atoms with Crippen LogP contribution in [-0.4, -0.2) is 54.1 Å². The van der Waals surface area contributed by atoms with Crippen molar-refractivity contribution in [2.75, 3.05) is 32.7 Å². The Morgan fingerprint density at radius 1 is 1.11 bits per heavy atom. The van der Waals surface area contributed by atoms with Crippen LogP contribution in [0.4, 0.5) is 0 Å². The fourth-order valence-corrected chi connectivity index (χ4v) is 4.33. The van der Waals surface area contributed by atoms with Gasteiger partial charge in [-0.1, -0.05) is 19.8 Å². The van der Waals surface area contributed by atoms with Crippen LogP contribution in [0.15, 0.2) is 0 Å². The fourth-order valence-electron chi connectivity index (χ4n) is 4.33. The van der Waals surface area contributed by atoms with Crippen molar-refractivity contribution < 1.29 is 0 Å². The lowest BCUT2D eigenvalue weighted by molar-refractivity contribution is -0.00483. The monoisotopic (exact) mass is 265 g/mol. The fraction of sp³-hybridized carbons (Fsp3) is 1.00. The molecule has 3 fully saturated rings. The number of nitrogens with zero attached hydrogens (tertiary/aromatic N) is 2. The molecule has 0 amide bonds. The molecule has 110 valence electrons. The molecule has 1 aliphatic heterocycles. The summed E-state index contributed by atoms with van der Waals surface area (Å²) < 4.78 is 0. The van der Waals surface area contributed by atoms with Crippen molar-refractivity contribution in [2.24, 2.45) is 11.1 Å². The topological polar surface area (TPSA) is 32.5 Å². The van der Waals surface area contributed by atoms with Crippen molar-refractivity contribution in [2.45, 2.75) is 64.0 Å². The Kier molecular flexibility index (Phi) is 3.65. The van der Waals surface area contributed by atoms with Crippen LogP contribution in [0.25, 0.3) is 0 Å². The maximum atomic E-state index is 6.17. The van der Waals surface area contributed by atoms with Gasteiger partial charge in [-0.3, -0.25) is 9.80 Å². The number of nitrogens with two attached hydrogens (primary N) is 1. The third-order valence-corrected chi connectivity index (χ3v) is 6.55. The molecule has 3 nitrogen and oxygen atoms in total. The molecule has 3 aliphatic rings. The summed E-state index contributed by atoms with van der Waals surface area (Å²) in [6, 6.07) is 0.891. The molecule has 0 bridgehead atoms. The lowest BCUT2D eigenvalue weighted by Crippen LogP contribution is -2.63. The molecule has 3 rings (SSSR count). The van der Waals surface area contributed by atoms with Gasteiger partial charge in [-0.25, -0.2) is 0 Å². The maximum Gasteiger partial charge on any atom is 0.0358 e. The average molecular weight is 265 g/mol. The van der Waals surface area contributed by atoms with Gasteiger partial charge in [-0.2, -0.15) is 0 Å². The molecule has 2 aliphatic carbocycles. The van der Waals surface area contributed by atoms with Crippen LogP contribution in [0.3, 0.4) is 0 Å². The molecule has 0 aromatic carbocycles. The van der Waals surface area contributed by atoms with Crippen molar-refractivity contribution in [3.63, 3.8) is 0 Å². The standard InChI is InChI=1S/C16H31N3/c1-15(7-8-15)16(2,13-17)19-11-9-18(10-12-19)14-5-3-4-6-14/h14H,3-13,17H2,1-2H3. The second kappa shape index (κ2) is 5.01. The Morgan fingerprint density at radius 2 is 1.68 bits per heavy atom. The van der Waals surface area contributed by atoms with Crippen LogP contribution in [0.1, 0.15) is 52.4 Å². The van der Waals surface area contributed by atoms with E-state index < -0.39 is 0 Å². The normalized spacial score (nSPS) is 32.4. The van der Waals surface area contributed by atoms with Crippen LogP contribution in [-0.2, 0) is 0 Å². The van der Waals surface area contributed by atoms with Gasteiger partial charge >= 0.3 is 0 Å². The second-order valence-corrected chi connectivity index (χ2v) is 7.50. The highest BCUT2D eigenvalue weighted by atomic mass is 15.3. The lowest BCUT2D eigenvalue weighted by atomic mass is 9.81. The number of piperazine rings is 1. The molecular weight excluding hydrogens is 234 g/mol. The molecule has 1 heterocycles. The maximum absolute atomic E-state index is 6.17. The Labute approximate surface area is 118 Å². The summed E-state index contributed by atoms with van der Waals surface area (Å²) in [5, 5.41) is 0. The van der Waals surface area contributed by atoms with Gasteiger partial charge in [-0.15, -0.1) is 0 Å². The van der Waals surface area contributed by atoms with Crippen molar-refractivity contribution >= 4 is 0 Å². The molecule has 0 aromatic heterocycles. The minimum absolute atomic E-state index is 0.231. The van der Waals surface area contributed by atoms with E-state index in [4.69, 9.17) is 5.73 Å². The minimum atomic E-state index is 0.231. The van der Waals surface area contributed by atoms with E-state index in [-0.39, 0.29) is 5.54 Å². The van der Waals surface area contributed by atoms with Crippen LogP contribution in [0.5, 0.6) is 0 Å². The third kappa shape index (κ3) is 2.34. The predicted molar refractivity (Wildman–Crippen MR) is 80.2 cm³/mol. The number of hydrogen-bond acceptors (Lipinski definition) is 3. The number of hydrogen-bond donors (Lipinski definition) is 1. The first-order valence-electron chi connectivity index (χ1n) is 8.28. The molecule has 1 saturated heterocycles. The van der Waals surface area contributed by atoms with Crippen molar-refractivity contribution in [3.8, 4) is 0 Å². The van der Waals surface area contributed by atoms with Crippen molar-refractivity contribution in [3.05, 3.63) is 0 Å². The smallest absolute Gasteiger partial charge is 0.0358 e. The van der Waals surface area contributed by atoms with E-state index >= 15 is 0 Å². The molecule has 2 saturated carbocycles.